The Morgan fingerprint density at radius 2 is 1.95 bits per heavy atom. The van der Waals surface area contributed by atoms with Crippen molar-refractivity contribution in [1.82, 2.24) is 5.32 Å². The lowest BCUT2D eigenvalue weighted by molar-refractivity contribution is -0.118. The average molecular weight is 301 g/mol. The number of rotatable bonds is 2. The molecule has 0 fully saturated rings. The number of fused-ring (bicyclic) bond motifs is 1. The molecular weight excluding hydrogens is 284 g/mol. The van der Waals surface area contributed by atoms with Crippen LogP contribution in [0.3, 0.4) is 0 Å². The highest BCUT2D eigenvalue weighted by Gasteiger charge is 2.24. The lowest BCUT2D eigenvalue weighted by Crippen LogP contribution is -2.44. The van der Waals surface area contributed by atoms with Crippen molar-refractivity contribution in [2.45, 2.75) is 25.9 Å². The van der Waals surface area contributed by atoms with Crippen LogP contribution in [0.1, 0.15) is 16.7 Å². The largest absolute Gasteiger partial charge is 0.324 e. The smallest absolute Gasteiger partial charge is 0.241 e. The maximum atomic E-state index is 12.4. The van der Waals surface area contributed by atoms with E-state index in [0.717, 1.165) is 17.8 Å². The zero-order chi connectivity index (χ0) is 14.8. The summed E-state index contributed by atoms with van der Waals surface area (Å²) >= 11 is 6.08. The highest BCUT2D eigenvalue weighted by molar-refractivity contribution is 6.31. The van der Waals surface area contributed by atoms with Crippen LogP contribution in [-0.2, 0) is 17.8 Å². The molecule has 108 valence electrons. The number of halogens is 1. The quantitative estimate of drug-likeness (QED) is 0.893. The topological polar surface area (TPSA) is 41.1 Å². The van der Waals surface area contributed by atoms with E-state index < -0.39 is 0 Å². The van der Waals surface area contributed by atoms with Crippen LogP contribution in [-0.4, -0.2) is 11.9 Å². The number of hydrogen-bond donors (Lipinski definition) is 2. The summed E-state index contributed by atoms with van der Waals surface area (Å²) in [6.45, 7) is 2.63. The highest BCUT2D eigenvalue weighted by Crippen LogP contribution is 2.24. The van der Waals surface area contributed by atoms with E-state index in [1.165, 1.54) is 11.1 Å². The molecule has 2 aromatic rings. The van der Waals surface area contributed by atoms with Gasteiger partial charge < -0.3 is 10.6 Å². The van der Waals surface area contributed by atoms with Gasteiger partial charge in [0.05, 0.1) is 6.04 Å². The maximum Gasteiger partial charge on any atom is 0.241 e. The average Bonchev–Trinajstić information content (AvgIpc) is 2.51. The van der Waals surface area contributed by atoms with Crippen LogP contribution in [0.2, 0.25) is 5.02 Å². The summed E-state index contributed by atoms with van der Waals surface area (Å²) in [7, 11) is 0. The first-order chi connectivity index (χ1) is 10.1. The molecule has 1 amide bonds. The van der Waals surface area contributed by atoms with Crippen molar-refractivity contribution in [1.29, 1.82) is 0 Å². The van der Waals surface area contributed by atoms with Gasteiger partial charge in [-0.05, 0) is 42.2 Å². The zero-order valence-corrected chi connectivity index (χ0v) is 12.6. The van der Waals surface area contributed by atoms with Crippen molar-refractivity contribution in [2.75, 3.05) is 5.32 Å². The van der Waals surface area contributed by atoms with E-state index in [0.29, 0.717) is 11.4 Å². The monoisotopic (exact) mass is 300 g/mol. The molecule has 3 rings (SSSR count). The molecule has 0 aliphatic carbocycles. The Morgan fingerprint density at radius 3 is 2.76 bits per heavy atom. The first-order valence-corrected chi connectivity index (χ1v) is 7.39. The summed E-state index contributed by atoms with van der Waals surface area (Å²) in [5.41, 5.74) is 4.16. The van der Waals surface area contributed by atoms with E-state index in [1.807, 2.05) is 37.3 Å². The van der Waals surface area contributed by atoms with Gasteiger partial charge in [-0.25, -0.2) is 0 Å². The Kier molecular flexibility index (Phi) is 3.95. The van der Waals surface area contributed by atoms with E-state index in [4.69, 9.17) is 11.6 Å². The van der Waals surface area contributed by atoms with E-state index in [2.05, 4.69) is 22.8 Å². The Balaban J connectivity index is 1.74. The van der Waals surface area contributed by atoms with Gasteiger partial charge in [-0.2, -0.15) is 0 Å². The van der Waals surface area contributed by atoms with Gasteiger partial charge in [-0.1, -0.05) is 41.9 Å². The summed E-state index contributed by atoms with van der Waals surface area (Å²) in [4.78, 5) is 12.4. The number of carbonyl (C=O) groups excluding carboxylic acids is 1. The lowest BCUT2D eigenvalue weighted by Gasteiger charge is -2.25. The molecule has 2 aromatic carbocycles. The first-order valence-electron chi connectivity index (χ1n) is 7.01. The summed E-state index contributed by atoms with van der Waals surface area (Å²) < 4.78 is 0. The second-order valence-corrected chi connectivity index (χ2v) is 5.72. The SMILES string of the molecule is Cc1c(Cl)cccc1NC(=O)C1Cc2ccccc2CN1. The Morgan fingerprint density at radius 1 is 1.19 bits per heavy atom. The number of carbonyl (C=O) groups is 1. The van der Waals surface area contributed by atoms with Crippen LogP contribution in [0, 0.1) is 6.92 Å². The van der Waals surface area contributed by atoms with Gasteiger partial charge in [0.25, 0.3) is 0 Å². The van der Waals surface area contributed by atoms with E-state index in [1.54, 1.807) is 0 Å². The van der Waals surface area contributed by atoms with Crippen molar-refractivity contribution in [3.63, 3.8) is 0 Å². The zero-order valence-electron chi connectivity index (χ0n) is 11.8. The number of benzene rings is 2. The van der Waals surface area contributed by atoms with Crippen molar-refractivity contribution >= 4 is 23.2 Å². The number of nitrogens with one attached hydrogen (secondary N) is 2. The molecule has 0 spiro atoms. The molecule has 2 N–H and O–H groups in total. The van der Waals surface area contributed by atoms with Crippen LogP contribution in [0.25, 0.3) is 0 Å². The predicted molar refractivity (Wildman–Crippen MR) is 85.6 cm³/mol. The van der Waals surface area contributed by atoms with E-state index in [-0.39, 0.29) is 11.9 Å². The van der Waals surface area contributed by atoms with Crippen LogP contribution >= 0.6 is 11.6 Å². The van der Waals surface area contributed by atoms with Gasteiger partial charge >= 0.3 is 0 Å². The van der Waals surface area contributed by atoms with Crippen molar-refractivity contribution in [2.24, 2.45) is 0 Å². The molecule has 0 saturated heterocycles. The predicted octanol–water partition coefficient (Wildman–Crippen LogP) is 3.30. The normalized spacial score (nSPS) is 17.1. The molecule has 1 unspecified atom stereocenters. The fourth-order valence-electron chi connectivity index (χ4n) is 2.60. The van der Waals surface area contributed by atoms with Crippen LogP contribution < -0.4 is 10.6 Å². The molecule has 1 aliphatic rings. The molecule has 21 heavy (non-hydrogen) atoms. The third kappa shape index (κ3) is 2.94. The number of hydrogen-bond acceptors (Lipinski definition) is 2. The fraction of sp³-hybridized carbons (Fsp3) is 0.235. The maximum absolute atomic E-state index is 12.4. The van der Waals surface area contributed by atoms with E-state index in [9.17, 15) is 4.79 Å². The van der Waals surface area contributed by atoms with Gasteiger partial charge in [-0.15, -0.1) is 0 Å². The van der Waals surface area contributed by atoms with Crippen molar-refractivity contribution < 1.29 is 4.79 Å². The Labute approximate surface area is 129 Å². The molecule has 0 saturated carbocycles. The second-order valence-electron chi connectivity index (χ2n) is 5.31. The molecule has 0 radical (unpaired) electrons. The van der Waals surface area contributed by atoms with Gasteiger partial charge in [0, 0.05) is 17.3 Å². The molecule has 1 heterocycles. The Bertz CT molecular complexity index is 684. The highest BCUT2D eigenvalue weighted by atomic mass is 35.5. The van der Waals surface area contributed by atoms with Gasteiger partial charge in [0.2, 0.25) is 5.91 Å². The fourth-order valence-corrected chi connectivity index (χ4v) is 2.78. The minimum atomic E-state index is -0.210. The van der Waals surface area contributed by atoms with Gasteiger partial charge in [-0.3, -0.25) is 4.79 Å². The molecule has 1 atom stereocenters. The standard InChI is InChI=1S/C17H17ClN2O/c1-11-14(18)7-4-8-15(11)20-17(21)16-9-12-5-2-3-6-13(12)10-19-16/h2-8,16,19H,9-10H2,1H3,(H,20,21). The second kappa shape index (κ2) is 5.88. The molecule has 3 nitrogen and oxygen atoms in total. The summed E-state index contributed by atoms with van der Waals surface area (Å²) in [5.74, 6) is -0.0186. The Hall–Kier alpha value is -1.84. The minimum Gasteiger partial charge on any atom is -0.324 e. The van der Waals surface area contributed by atoms with Gasteiger partial charge in [0.15, 0.2) is 0 Å². The molecule has 0 aromatic heterocycles. The molecular formula is C17H17ClN2O. The number of anilines is 1. The van der Waals surface area contributed by atoms with Crippen molar-refractivity contribution in [3.8, 4) is 0 Å². The third-order valence-corrected chi connectivity index (χ3v) is 4.33. The summed E-state index contributed by atoms with van der Waals surface area (Å²) in [6.07, 6.45) is 0.710. The summed E-state index contributed by atoms with van der Waals surface area (Å²) in [5, 5.41) is 6.91. The van der Waals surface area contributed by atoms with Gasteiger partial charge in [0.1, 0.15) is 0 Å². The first kappa shape index (κ1) is 14.1. The lowest BCUT2D eigenvalue weighted by atomic mass is 9.95. The number of amides is 1. The van der Waals surface area contributed by atoms with Crippen LogP contribution in [0.5, 0.6) is 0 Å². The van der Waals surface area contributed by atoms with Crippen LogP contribution in [0.15, 0.2) is 42.5 Å². The molecule has 1 aliphatic heterocycles. The summed E-state index contributed by atoms with van der Waals surface area (Å²) in [6, 6.07) is 13.5. The third-order valence-electron chi connectivity index (χ3n) is 3.92. The minimum absolute atomic E-state index is 0.0186. The van der Waals surface area contributed by atoms with Crippen LogP contribution in [0.4, 0.5) is 5.69 Å². The molecule has 0 bridgehead atoms. The van der Waals surface area contributed by atoms with Crippen molar-refractivity contribution in [3.05, 3.63) is 64.2 Å². The molecule has 4 heteroatoms. The van der Waals surface area contributed by atoms with E-state index >= 15 is 0 Å².